The maximum absolute atomic E-state index is 9.06. The molecule has 1 aliphatic rings. The molecule has 0 unspecified atom stereocenters. The van der Waals surface area contributed by atoms with Crippen molar-refractivity contribution in [1.29, 1.82) is 0 Å². The predicted molar refractivity (Wildman–Crippen MR) is 90.6 cm³/mol. The third-order valence-corrected chi connectivity index (χ3v) is 3.88. The van der Waals surface area contributed by atoms with Crippen molar-refractivity contribution >= 4 is 40.0 Å². The number of aliphatic hydroxyl groups is 1. The molecule has 0 amide bonds. The number of nitrogens with zero attached hydrogens (tertiary/aromatic N) is 1. The van der Waals surface area contributed by atoms with Crippen LogP contribution in [-0.2, 0) is 0 Å². The first kappa shape index (κ1) is 16.9. The van der Waals surface area contributed by atoms with Crippen LogP contribution in [0.3, 0.4) is 0 Å². The van der Waals surface area contributed by atoms with E-state index < -0.39 is 0 Å². The molecule has 0 heterocycles. The van der Waals surface area contributed by atoms with E-state index in [4.69, 9.17) is 28.3 Å². The number of thioether (sulfide) groups is 1. The average Bonchev–Trinajstić information content (AvgIpc) is 2.47. The maximum Gasteiger partial charge on any atom is 0.110 e. The summed E-state index contributed by atoms with van der Waals surface area (Å²) in [5.74, 6) is 0.601. The Kier molecular flexibility index (Phi) is 6.97. The second-order valence-electron chi connectivity index (χ2n) is 4.02. The monoisotopic (exact) mass is 327 g/mol. The molecular weight excluding hydrogens is 313 g/mol. The lowest BCUT2D eigenvalue weighted by atomic mass is 10.2. The molecule has 2 nitrogen and oxygen atoms in total. The topological polar surface area (TPSA) is 32.6 Å². The summed E-state index contributed by atoms with van der Waals surface area (Å²) in [4.78, 5) is 4.33. The molecular formula is C15H15Cl2NOS. The summed E-state index contributed by atoms with van der Waals surface area (Å²) in [6.07, 6.45) is 6.68. The van der Waals surface area contributed by atoms with E-state index in [-0.39, 0.29) is 5.76 Å². The zero-order chi connectivity index (χ0) is 15.1. The van der Waals surface area contributed by atoms with Crippen molar-refractivity contribution in [1.82, 2.24) is 0 Å². The Morgan fingerprint density at radius 2 is 2.20 bits per heavy atom. The SMILES string of the molecule is C=C(O)/C=C(/C)N=C(C)SCC1=C(Cl)C=C=CC=C1Cl. The van der Waals surface area contributed by atoms with E-state index in [0.717, 1.165) is 10.6 Å². The number of aliphatic imine (C=N–C) groups is 1. The van der Waals surface area contributed by atoms with Gasteiger partial charge >= 0.3 is 0 Å². The second kappa shape index (κ2) is 8.23. The van der Waals surface area contributed by atoms with Crippen LogP contribution in [0.1, 0.15) is 13.8 Å². The van der Waals surface area contributed by atoms with Crippen LogP contribution in [-0.4, -0.2) is 15.9 Å². The van der Waals surface area contributed by atoms with Gasteiger partial charge < -0.3 is 5.11 Å². The van der Waals surface area contributed by atoms with Crippen molar-refractivity contribution in [3.63, 3.8) is 0 Å². The van der Waals surface area contributed by atoms with Crippen LogP contribution < -0.4 is 0 Å². The molecule has 0 aromatic carbocycles. The van der Waals surface area contributed by atoms with Gasteiger partial charge in [-0.25, -0.2) is 0 Å². The van der Waals surface area contributed by atoms with Crippen molar-refractivity contribution < 1.29 is 5.11 Å². The van der Waals surface area contributed by atoms with Crippen LogP contribution in [0.5, 0.6) is 0 Å². The Labute approximate surface area is 133 Å². The van der Waals surface area contributed by atoms with Gasteiger partial charge in [-0.15, -0.1) is 17.5 Å². The van der Waals surface area contributed by atoms with E-state index in [2.05, 4.69) is 17.3 Å². The van der Waals surface area contributed by atoms with Gasteiger partial charge in [0.05, 0.1) is 10.1 Å². The molecule has 0 aliphatic heterocycles. The van der Waals surface area contributed by atoms with Gasteiger partial charge in [-0.2, -0.15) is 0 Å². The third kappa shape index (κ3) is 5.89. The van der Waals surface area contributed by atoms with Crippen LogP contribution in [0.4, 0.5) is 0 Å². The van der Waals surface area contributed by atoms with Crippen LogP contribution in [0.25, 0.3) is 0 Å². The largest absolute Gasteiger partial charge is 0.509 e. The highest BCUT2D eigenvalue weighted by atomic mass is 35.5. The van der Waals surface area contributed by atoms with Crippen molar-refractivity contribution in [3.05, 3.63) is 63.7 Å². The number of rotatable bonds is 4. The summed E-state index contributed by atoms with van der Waals surface area (Å²) in [7, 11) is 0. The second-order valence-corrected chi connectivity index (χ2v) is 6.00. The number of aliphatic hydroxyl groups excluding tert-OH is 1. The molecule has 0 aromatic rings. The fourth-order valence-corrected chi connectivity index (χ4v) is 2.96. The summed E-state index contributed by atoms with van der Waals surface area (Å²) in [6.45, 7) is 7.07. The standard InChI is InChI=1S/C15H15Cl2NOS/c1-10(8-11(2)19)18-12(3)20-9-13-14(16)6-4-5-7-15(13)17/h4,6-8,19H,2,9H2,1,3H3/b10-8-,18-12?. The first-order chi connectivity index (χ1) is 9.40. The summed E-state index contributed by atoms with van der Waals surface area (Å²) >= 11 is 13.8. The highest BCUT2D eigenvalue weighted by molar-refractivity contribution is 8.14. The average molecular weight is 328 g/mol. The van der Waals surface area contributed by atoms with E-state index in [1.165, 1.54) is 17.8 Å². The molecule has 1 aliphatic carbocycles. The number of allylic oxidation sites excluding steroid dienone is 6. The highest BCUT2D eigenvalue weighted by Gasteiger charge is 2.09. The Balaban J connectivity index is 2.75. The third-order valence-electron chi connectivity index (χ3n) is 2.25. The van der Waals surface area contributed by atoms with E-state index in [0.29, 0.717) is 21.5 Å². The summed E-state index contributed by atoms with van der Waals surface area (Å²) in [5.41, 5.74) is 4.45. The Bertz CT molecular complexity index is 591. The van der Waals surface area contributed by atoms with E-state index in [9.17, 15) is 0 Å². The fraction of sp³-hybridized carbons (Fsp3) is 0.200. The van der Waals surface area contributed by atoms with Crippen molar-refractivity contribution in [3.8, 4) is 0 Å². The Hall–Kier alpha value is -1.12. The maximum atomic E-state index is 9.06. The number of halogens is 2. The molecule has 1 rings (SSSR count). The van der Waals surface area contributed by atoms with Gasteiger partial charge in [0, 0.05) is 28.1 Å². The van der Waals surface area contributed by atoms with Gasteiger partial charge in [0.15, 0.2) is 0 Å². The van der Waals surface area contributed by atoms with Gasteiger partial charge in [0.1, 0.15) is 5.76 Å². The fourth-order valence-electron chi connectivity index (χ4n) is 1.41. The van der Waals surface area contributed by atoms with Crippen molar-refractivity contribution in [2.45, 2.75) is 13.8 Å². The summed E-state index contributed by atoms with van der Waals surface area (Å²) < 4.78 is 0. The van der Waals surface area contributed by atoms with Gasteiger partial charge in [-0.1, -0.05) is 29.8 Å². The number of hydrogen-bond acceptors (Lipinski definition) is 3. The highest BCUT2D eigenvalue weighted by Crippen LogP contribution is 2.28. The molecule has 0 radical (unpaired) electrons. The first-order valence-corrected chi connectivity index (χ1v) is 7.56. The lowest BCUT2D eigenvalue weighted by Gasteiger charge is -2.07. The molecule has 20 heavy (non-hydrogen) atoms. The molecule has 0 aromatic heterocycles. The van der Waals surface area contributed by atoms with E-state index in [1.54, 1.807) is 25.2 Å². The molecule has 0 atom stereocenters. The number of hydrogen-bond donors (Lipinski definition) is 1. The Morgan fingerprint density at radius 3 is 2.85 bits per heavy atom. The zero-order valence-electron chi connectivity index (χ0n) is 11.3. The minimum absolute atomic E-state index is 0.0132. The van der Waals surface area contributed by atoms with Gasteiger partial charge in [0.2, 0.25) is 0 Å². The lowest BCUT2D eigenvalue weighted by Crippen LogP contribution is -1.95. The quantitative estimate of drug-likeness (QED) is 0.244. The van der Waals surface area contributed by atoms with E-state index in [1.807, 2.05) is 6.92 Å². The molecule has 0 saturated carbocycles. The molecule has 1 N–H and O–H groups in total. The van der Waals surface area contributed by atoms with E-state index >= 15 is 0 Å². The van der Waals surface area contributed by atoms with Gasteiger partial charge in [0.25, 0.3) is 0 Å². The van der Waals surface area contributed by atoms with Crippen molar-refractivity contribution in [2.24, 2.45) is 4.99 Å². The lowest BCUT2D eigenvalue weighted by molar-refractivity contribution is 0.434. The predicted octanol–water partition coefficient (Wildman–Crippen LogP) is 5.45. The minimum Gasteiger partial charge on any atom is -0.509 e. The molecule has 0 spiro atoms. The molecule has 106 valence electrons. The molecule has 0 fully saturated rings. The van der Waals surface area contributed by atoms with Gasteiger partial charge in [-0.3, -0.25) is 4.99 Å². The van der Waals surface area contributed by atoms with Crippen LogP contribution in [0.15, 0.2) is 68.7 Å². The molecule has 0 bridgehead atoms. The van der Waals surface area contributed by atoms with Gasteiger partial charge in [-0.05, 0) is 32.1 Å². The zero-order valence-corrected chi connectivity index (χ0v) is 13.6. The summed E-state index contributed by atoms with van der Waals surface area (Å²) in [5, 5.41) is 11.1. The van der Waals surface area contributed by atoms with Crippen LogP contribution >= 0.6 is 35.0 Å². The minimum atomic E-state index is -0.0132. The first-order valence-electron chi connectivity index (χ1n) is 5.81. The normalized spacial score (nSPS) is 16.3. The smallest absolute Gasteiger partial charge is 0.110 e. The van der Waals surface area contributed by atoms with Crippen LogP contribution in [0, 0.1) is 0 Å². The summed E-state index contributed by atoms with van der Waals surface area (Å²) in [6, 6.07) is 0. The Morgan fingerprint density at radius 1 is 1.50 bits per heavy atom. The van der Waals surface area contributed by atoms with Crippen LogP contribution in [0.2, 0.25) is 0 Å². The van der Waals surface area contributed by atoms with Crippen molar-refractivity contribution in [2.75, 3.05) is 5.75 Å². The molecule has 5 heteroatoms. The molecule has 0 saturated heterocycles.